The summed E-state index contributed by atoms with van der Waals surface area (Å²) in [6.07, 6.45) is 1.60. The van der Waals surface area contributed by atoms with E-state index < -0.39 is 0 Å². The summed E-state index contributed by atoms with van der Waals surface area (Å²) in [7, 11) is 0. The molecule has 0 aliphatic carbocycles. The van der Waals surface area contributed by atoms with Crippen LogP contribution in [0.3, 0.4) is 0 Å². The highest BCUT2D eigenvalue weighted by Crippen LogP contribution is 1.71. The summed E-state index contributed by atoms with van der Waals surface area (Å²) in [4.78, 5) is 3.58. The topological polar surface area (TPSA) is 38.4 Å². The molecule has 0 radical (unpaired) electrons. The van der Waals surface area contributed by atoms with E-state index in [2.05, 4.69) is 11.6 Å². The Morgan fingerprint density at radius 2 is 2.00 bits per heavy atom. The van der Waals surface area contributed by atoms with Gasteiger partial charge in [0.05, 0.1) is 0 Å². The molecule has 48 valence electrons. The van der Waals surface area contributed by atoms with Crippen LogP contribution in [-0.2, 0) is 0 Å². The Morgan fingerprint density at radius 1 is 1.62 bits per heavy atom. The van der Waals surface area contributed by atoms with E-state index >= 15 is 0 Å². The van der Waals surface area contributed by atoms with Crippen LogP contribution in [0.25, 0.3) is 0 Å². The van der Waals surface area contributed by atoms with Gasteiger partial charge in [0.15, 0.2) is 0 Å². The van der Waals surface area contributed by atoms with Gasteiger partial charge in [-0.25, -0.2) is 4.99 Å². The Kier molecular flexibility index (Phi) is 12.2. The lowest BCUT2D eigenvalue weighted by atomic mass is 10.8. The third kappa shape index (κ3) is 18.9. The van der Waals surface area contributed by atoms with Gasteiger partial charge in [-0.05, 0) is 6.92 Å². The van der Waals surface area contributed by atoms with E-state index in [1.165, 1.54) is 0 Å². The Labute approximate surface area is 51.1 Å². The Bertz CT molecular complexity index is 74.6. The van der Waals surface area contributed by atoms with Crippen LogP contribution in [-0.4, -0.2) is 6.21 Å². The summed E-state index contributed by atoms with van der Waals surface area (Å²) in [6.45, 7) is 9.11. The van der Waals surface area contributed by atoms with Gasteiger partial charge in [0.2, 0.25) is 0 Å². The Balaban J connectivity index is 0. The molecule has 0 aromatic heterocycles. The molecule has 0 aliphatic heterocycles. The first-order valence-corrected chi connectivity index (χ1v) is 2.70. The molecule has 0 spiro atoms. The fourth-order valence-electron chi connectivity index (χ4n) is 0.166. The normalized spacial score (nSPS) is 7.88. The molecule has 0 atom stereocenters. The second-order valence-corrected chi connectivity index (χ2v) is 0.879. The summed E-state index contributed by atoms with van der Waals surface area (Å²) >= 11 is 0. The van der Waals surface area contributed by atoms with Crippen LogP contribution in [0.2, 0.25) is 0 Å². The minimum Gasteiger partial charge on any atom is -0.384 e. The summed E-state index contributed by atoms with van der Waals surface area (Å²) in [5.41, 5.74) is 5.01. The van der Waals surface area contributed by atoms with Crippen molar-refractivity contribution in [2.24, 2.45) is 10.7 Å². The molecule has 0 saturated carbocycles. The van der Waals surface area contributed by atoms with Gasteiger partial charge in [-0.3, -0.25) is 0 Å². The third-order valence-corrected chi connectivity index (χ3v) is 0.295. The minimum atomic E-state index is 0.359. The quantitative estimate of drug-likeness (QED) is 0.516. The zero-order valence-electron chi connectivity index (χ0n) is 5.81. The van der Waals surface area contributed by atoms with E-state index in [4.69, 9.17) is 5.73 Å². The van der Waals surface area contributed by atoms with E-state index in [0.29, 0.717) is 5.82 Å². The lowest BCUT2D eigenvalue weighted by molar-refractivity contribution is 1.27. The molecule has 0 heterocycles. The number of rotatable bonds is 1. The first-order valence-electron chi connectivity index (χ1n) is 2.70. The summed E-state index contributed by atoms with van der Waals surface area (Å²) in [6, 6.07) is 0. The molecule has 0 aromatic carbocycles. The molecule has 8 heavy (non-hydrogen) atoms. The molecule has 0 saturated heterocycles. The maximum atomic E-state index is 5.01. The number of hydrogen-bond donors (Lipinski definition) is 1. The average Bonchev–Trinajstić information content (AvgIpc) is 1.72. The van der Waals surface area contributed by atoms with Crippen molar-refractivity contribution in [3.63, 3.8) is 0 Å². The smallest absolute Gasteiger partial charge is 0.115 e. The Hall–Kier alpha value is -0.790. The molecule has 0 aliphatic rings. The van der Waals surface area contributed by atoms with Crippen molar-refractivity contribution in [3.05, 3.63) is 12.4 Å². The zero-order chi connectivity index (χ0) is 6.99. The number of nitrogens with zero attached hydrogens (tertiary/aromatic N) is 1. The van der Waals surface area contributed by atoms with Crippen molar-refractivity contribution < 1.29 is 0 Å². The van der Waals surface area contributed by atoms with Gasteiger partial charge in [-0.1, -0.05) is 20.4 Å². The van der Waals surface area contributed by atoms with Crippen LogP contribution in [0.15, 0.2) is 17.4 Å². The van der Waals surface area contributed by atoms with Crippen LogP contribution in [0.5, 0.6) is 0 Å². The van der Waals surface area contributed by atoms with E-state index in [-0.39, 0.29) is 0 Å². The molecule has 0 amide bonds. The van der Waals surface area contributed by atoms with Gasteiger partial charge in [0.1, 0.15) is 5.82 Å². The van der Waals surface area contributed by atoms with E-state index in [9.17, 15) is 0 Å². The largest absolute Gasteiger partial charge is 0.384 e. The monoisotopic (exact) mass is 114 g/mol. The van der Waals surface area contributed by atoms with E-state index in [0.717, 1.165) is 0 Å². The summed E-state index contributed by atoms with van der Waals surface area (Å²) < 4.78 is 0. The van der Waals surface area contributed by atoms with Crippen molar-refractivity contribution in [1.82, 2.24) is 0 Å². The maximum Gasteiger partial charge on any atom is 0.115 e. The van der Waals surface area contributed by atoms with Crippen molar-refractivity contribution >= 4 is 6.21 Å². The molecule has 0 rings (SSSR count). The third-order valence-electron chi connectivity index (χ3n) is 0.295. The molecule has 2 nitrogen and oxygen atoms in total. The average molecular weight is 114 g/mol. The molecule has 0 aromatic rings. The van der Waals surface area contributed by atoms with Gasteiger partial charge < -0.3 is 5.73 Å². The molecular weight excluding hydrogens is 100 g/mol. The van der Waals surface area contributed by atoms with Gasteiger partial charge in [0.25, 0.3) is 0 Å². The zero-order valence-corrected chi connectivity index (χ0v) is 5.81. The second kappa shape index (κ2) is 9.51. The molecular formula is C6H14N2. The van der Waals surface area contributed by atoms with Gasteiger partial charge in [0, 0.05) is 6.21 Å². The highest BCUT2D eigenvalue weighted by atomic mass is 14.9. The molecule has 0 unspecified atom stereocenters. The maximum absolute atomic E-state index is 5.01. The Morgan fingerprint density at radius 3 is 2.00 bits per heavy atom. The SMILES string of the molecule is C=C(N)/N=C\C.CC. The van der Waals surface area contributed by atoms with Crippen LogP contribution in [0.4, 0.5) is 0 Å². The van der Waals surface area contributed by atoms with E-state index in [1.54, 1.807) is 13.1 Å². The highest BCUT2D eigenvalue weighted by molar-refractivity contribution is 5.54. The van der Waals surface area contributed by atoms with Crippen molar-refractivity contribution in [2.45, 2.75) is 20.8 Å². The van der Waals surface area contributed by atoms with Crippen LogP contribution in [0.1, 0.15) is 20.8 Å². The molecule has 0 fully saturated rings. The number of nitrogens with two attached hydrogens (primary N) is 1. The fourth-order valence-corrected chi connectivity index (χ4v) is 0.166. The lowest BCUT2D eigenvalue weighted by Crippen LogP contribution is -1.88. The van der Waals surface area contributed by atoms with Crippen molar-refractivity contribution in [1.29, 1.82) is 0 Å². The van der Waals surface area contributed by atoms with E-state index in [1.807, 2.05) is 13.8 Å². The highest BCUT2D eigenvalue weighted by Gasteiger charge is 1.63. The number of aliphatic imine (C=N–C) groups is 1. The van der Waals surface area contributed by atoms with Crippen molar-refractivity contribution in [2.75, 3.05) is 0 Å². The minimum absolute atomic E-state index is 0.359. The van der Waals surface area contributed by atoms with Gasteiger partial charge in [-0.2, -0.15) is 0 Å². The molecule has 2 heteroatoms. The van der Waals surface area contributed by atoms with Crippen LogP contribution < -0.4 is 5.73 Å². The predicted octanol–water partition coefficient (Wildman–Crippen LogP) is 1.53. The van der Waals surface area contributed by atoms with Gasteiger partial charge in [-0.15, -0.1) is 0 Å². The van der Waals surface area contributed by atoms with Crippen LogP contribution >= 0.6 is 0 Å². The lowest BCUT2D eigenvalue weighted by Gasteiger charge is -1.78. The fraction of sp³-hybridized carbons (Fsp3) is 0.500. The first-order chi connectivity index (χ1) is 3.77. The van der Waals surface area contributed by atoms with Crippen LogP contribution in [0, 0.1) is 0 Å². The second-order valence-electron chi connectivity index (χ2n) is 0.879. The predicted molar refractivity (Wildman–Crippen MR) is 38.8 cm³/mol. The van der Waals surface area contributed by atoms with Crippen molar-refractivity contribution in [3.8, 4) is 0 Å². The molecule has 0 bridgehead atoms. The standard InChI is InChI=1S/C4H8N2.C2H6/c1-3-6-4(2)5;1-2/h3H,2,5H2,1H3;1-2H3/b6-3-;. The first kappa shape index (κ1) is 10.2. The van der Waals surface area contributed by atoms with Gasteiger partial charge >= 0.3 is 0 Å². The summed E-state index contributed by atoms with van der Waals surface area (Å²) in [5, 5.41) is 0. The molecule has 2 N–H and O–H groups in total. The number of hydrogen-bond acceptors (Lipinski definition) is 2. The summed E-state index contributed by atoms with van der Waals surface area (Å²) in [5.74, 6) is 0.359.